The molecule has 2 rings (SSSR count). The first-order chi connectivity index (χ1) is 7.74. The molecule has 1 aromatic rings. The van der Waals surface area contributed by atoms with Gasteiger partial charge >= 0.3 is 0 Å². The SMILES string of the molecule is CC(C)NCc1nc(COC2CCC2)cs1. The molecule has 1 fully saturated rings. The first kappa shape index (κ1) is 12.0. The third-order valence-corrected chi connectivity index (χ3v) is 3.68. The van der Waals surface area contributed by atoms with E-state index < -0.39 is 0 Å². The Morgan fingerprint density at radius 3 is 3.00 bits per heavy atom. The van der Waals surface area contributed by atoms with Gasteiger partial charge in [-0.2, -0.15) is 0 Å². The molecule has 0 amide bonds. The van der Waals surface area contributed by atoms with Gasteiger partial charge in [0, 0.05) is 18.0 Å². The minimum Gasteiger partial charge on any atom is -0.372 e. The number of nitrogens with zero attached hydrogens (tertiary/aromatic N) is 1. The second-order valence-corrected chi connectivity index (χ2v) is 5.57. The molecule has 0 aromatic carbocycles. The zero-order valence-corrected chi connectivity index (χ0v) is 10.8. The van der Waals surface area contributed by atoms with Crippen molar-refractivity contribution in [3.63, 3.8) is 0 Å². The molecule has 1 aliphatic carbocycles. The molecule has 1 aliphatic rings. The van der Waals surface area contributed by atoms with Gasteiger partial charge in [0.15, 0.2) is 0 Å². The van der Waals surface area contributed by atoms with Crippen LogP contribution in [0.3, 0.4) is 0 Å². The van der Waals surface area contributed by atoms with E-state index in [2.05, 4.69) is 29.5 Å². The monoisotopic (exact) mass is 240 g/mol. The Kier molecular flexibility index (Phi) is 4.32. The summed E-state index contributed by atoms with van der Waals surface area (Å²) in [5, 5.41) is 6.63. The molecular weight excluding hydrogens is 220 g/mol. The Hall–Kier alpha value is -0.450. The number of nitrogens with one attached hydrogen (secondary N) is 1. The van der Waals surface area contributed by atoms with Crippen LogP contribution >= 0.6 is 11.3 Å². The van der Waals surface area contributed by atoms with Crippen LogP contribution in [-0.4, -0.2) is 17.1 Å². The Morgan fingerprint density at radius 2 is 2.38 bits per heavy atom. The maximum absolute atomic E-state index is 5.73. The highest BCUT2D eigenvalue weighted by atomic mass is 32.1. The van der Waals surface area contributed by atoms with Crippen molar-refractivity contribution < 1.29 is 4.74 Å². The Labute approximate surface area is 101 Å². The van der Waals surface area contributed by atoms with E-state index in [9.17, 15) is 0 Å². The largest absolute Gasteiger partial charge is 0.372 e. The number of hydrogen-bond acceptors (Lipinski definition) is 4. The van der Waals surface area contributed by atoms with E-state index in [-0.39, 0.29) is 0 Å². The maximum Gasteiger partial charge on any atom is 0.107 e. The van der Waals surface area contributed by atoms with Gasteiger partial charge in [-0.3, -0.25) is 0 Å². The molecular formula is C12H20N2OS. The summed E-state index contributed by atoms with van der Waals surface area (Å²) in [7, 11) is 0. The minimum atomic E-state index is 0.499. The lowest BCUT2D eigenvalue weighted by atomic mass is 9.96. The van der Waals surface area contributed by atoms with E-state index in [1.807, 2.05) is 0 Å². The molecule has 1 saturated carbocycles. The fourth-order valence-corrected chi connectivity index (χ4v) is 2.26. The number of thiazole rings is 1. The molecule has 0 unspecified atom stereocenters. The average molecular weight is 240 g/mol. The summed E-state index contributed by atoms with van der Waals surface area (Å²) in [6.45, 7) is 5.84. The van der Waals surface area contributed by atoms with Crippen LogP contribution in [-0.2, 0) is 17.9 Å². The minimum absolute atomic E-state index is 0.499. The summed E-state index contributed by atoms with van der Waals surface area (Å²) >= 11 is 1.72. The fraction of sp³-hybridized carbons (Fsp3) is 0.750. The van der Waals surface area contributed by atoms with Gasteiger partial charge in [0.25, 0.3) is 0 Å². The van der Waals surface area contributed by atoms with E-state index in [1.165, 1.54) is 19.3 Å². The Morgan fingerprint density at radius 1 is 1.56 bits per heavy atom. The first-order valence-corrected chi connectivity index (χ1v) is 6.90. The van der Waals surface area contributed by atoms with Crippen LogP contribution in [0.25, 0.3) is 0 Å². The van der Waals surface area contributed by atoms with Crippen molar-refractivity contribution in [1.82, 2.24) is 10.3 Å². The molecule has 0 atom stereocenters. The molecule has 16 heavy (non-hydrogen) atoms. The molecule has 0 saturated heterocycles. The highest BCUT2D eigenvalue weighted by Crippen LogP contribution is 2.23. The summed E-state index contributed by atoms with van der Waals surface area (Å²) in [6.07, 6.45) is 4.28. The van der Waals surface area contributed by atoms with Crippen LogP contribution in [0.2, 0.25) is 0 Å². The van der Waals surface area contributed by atoms with Crippen LogP contribution in [0.15, 0.2) is 5.38 Å². The standard InChI is InChI=1S/C12H20N2OS/c1-9(2)13-6-12-14-10(8-16-12)7-15-11-4-3-5-11/h8-9,11,13H,3-7H2,1-2H3. The van der Waals surface area contributed by atoms with Crippen LogP contribution in [0.5, 0.6) is 0 Å². The van der Waals surface area contributed by atoms with E-state index in [1.54, 1.807) is 11.3 Å². The molecule has 3 nitrogen and oxygen atoms in total. The maximum atomic E-state index is 5.73. The van der Waals surface area contributed by atoms with E-state index in [0.29, 0.717) is 18.8 Å². The molecule has 1 N–H and O–H groups in total. The quantitative estimate of drug-likeness (QED) is 0.830. The smallest absolute Gasteiger partial charge is 0.107 e. The third-order valence-electron chi connectivity index (χ3n) is 2.78. The van der Waals surface area contributed by atoms with Crippen LogP contribution in [0.1, 0.15) is 43.8 Å². The number of ether oxygens (including phenoxy) is 1. The second-order valence-electron chi connectivity index (χ2n) is 4.63. The van der Waals surface area contributed by atoms with Crippen LogP contribution in [0.4, 0.5) is 0 Å². The van der Waals surface area contributed by atoms with Crippen molar-refractivity contribution in [3.8, 4) is 0 Å². The zero-order chi connectivity index (χ0) is 11.4. The molecule has 0 bridgehead atoms. The molecule has 1 heterocycles. The van der Waals surface area contributed by atoms with Crippen molar-refractivity contribution >= 4 is 11.3 Å². The highest BCUT2D eigenvalue weighted by molar-refractivity contribution is 7.09. The predicted molar refractivity (Wildman–Crippen MR) is 66.5 cm³/mol. The third kappa shape index (κ3) is 3.54. The van der Waals surface area contributed by atoms with Crippen molar-refractivity contribution in [1.29, 1.82) is 0 Å². The van der Waals surface area contributed by atoms with E-state index in [4.69, 9.17) is 4.74 Å². The number of hydrogen-bond donors (Lipinski definition) is 1. The van der Waals surface area contributed by atoms with Gasteiger partial charge in [-0.05, 0) is 19.3 Å². The lowest BCUT2D eigenvalue weighted by Gasteiger charge is -2.24. The van der Waals surface area contributed by atoms with Crippen LogP contribution < -0.4 is 5.32 Å². The second kappa shape index (κ2) is 5.75. The molecule has 0 radical (unpaired) electrons. The van der Waals surface area contributed by atoms with Crippen molar-refractivity contribution in [2.45, 2.75) is 58.4 Å². The Balaban J connectivity index is 1.73. The topological polar surface area (TPSA) is 34.2 Å². The summed E-state index contributed by atoms with van der Waals surface area (Å²) in [6, 6.07) is 0.513. The van der Waals surface area contributed by atoms with Gasteiger partial charge in [-0.15, -0.1) is 11.3 Å². The van der Waals surface area contributed by atoms with Crippen molar-refractivity contribution in [3.05, 3.63) is 16.1 Å². The normalized spacial score (nSPS) is 16.7. The number of rotatable bonds is 6. The molecule has 1 aromatic heterocycles. The van der Waals surface area contributed by atoms with Gasteiger partial charge in [0.05, 0.1) is 18.4 Å². The highest BCUT2D eigenvalue weighted by Gasteiger charge is 2.18. The predicted octanol–water partition coefficient (Wildman–Crippen LogP) is 2.71. The van der Waals surface area contributed by atoms with Gasteiger partial charge in [0.2, 0.25) is 0 Å². The van der Waals surface area contributed by atoms with Crippen molar-refractivity contribution in [2.75, 3.05) is 0 Å². The molecule has 0 spiro atoms. The van der Waals surface area contributed by atoms with Crippen molar-refractivity contribution in [2.24, 2.45) is 0 Å². The van der Waals surface area contributed by atoms with E-state index in [0.717, 1.165) is 17.2 Å². The van der Waals surface area contributed by atoms with Gasteiger partial charge < -0.3 is 10.1 Å². The molecule has 4 heteroatoms. The fourth-order valence-electron chi connectivity index (χ4n) is 1.53. The van der Waals surface area contributed by atoms with Gasteiger partial charge in [0.1, 0.15) is 5.01 Å². The average Bonchev–Trinajstić information content (AvgIpc) is 2.60. The lowest BCUT2D eigenvalue weighted by molar-refractivity contribution is -0.00993. The zero-order valence-electron chi connectivity index (χ0n) is 10.0. The summed E-state index contributed by atoms with van der Waals surface area (Å²) < 4.78 is 5.73. The summed E-state index contributed by atoms with van der Waals surface area (Å²) in [5.74, 6) is 0. The van der Waals surface area contributed by atoms with Gasteiger partial charge in [-0.25, -0.2) is 4.98 Å². The molecule has 90 valence electrons. The van der Waals surface area contributed by atoms with Crippen LogP contribution in [0, 0.1) is 0 Å². The van der Waals surface area contributed by atoms with Gasteiger partial charge in [-0.1, -0.05) is 13.8 Å². The first-order valence-electron chi connectivity index (χ1n) is 6.02. The Bertz CT molecular complexity index is 321. The summed E-state index contributed by atoms with van der Waals surface area (Å²) in [5.41, 5.74) is 1.08. The lowest BCUT2D eigenvalue weighted by Crippen LogP contribution is -2.22. The molecule has 0 aliphatic heterocycles. The summed E-state index contributed by atoms with van der Waals surface area (Å²) in [4.78, 5) is 4.54. The van der Waals surface area contributed by atoms with E-state index >= 15 is 0 Å². The number of aromatic nitrogens is 1.